The summed E-state index contributed by atoms with van der Waals surface area (Å²) in [6.45, 7) is 0. The summed E-state index contributed by atoms with van der Waals surface area (Å²) in [5.41, 5.74) is 0. The van der Waals surface area contributed by atoms with Crippen LogP contribution in [0.5, 0.6) is 0 Å². The molecule has 3 aromatic carbocycles. The van der Waals surface area contributed by atoms with E-state index in [9.17, 15) is 0 Å². The first-order chi connectivity index (χ1) is 13.2. The van der Waals surface area contributed by atoms with Gasteiger partial charge in [0.2, 0.25) is 0 Å². The van der Waals surface area contributed by atoms with E-state index in [1.807, 2.05) is 17.9 Å². The van der Waals surface area contributed by atoms with E-state index in [1.54, 1.807) is 0 Å². The standard InChI is InChI=1S/C23H23N3Si/c1-25-18-23(24-19-25)26(2)27(20-12-6-3-7-13-20,21-14-8-4-9-15-21)22-16-10-5-11-17-22/h3-19H,1-2H3. The second-order valence-corrected chi connectivity index (χ2v) is 10.6. The molecule has 0 saturated heterocycles. The molecule has 1 heterocycles. The van der Waals surface area contributed by atoms with Gasteiger partial charge in [-0.3, -0.25) is 0 Å². The van der Waals surface area contributed by atoms with Gasteiger partial charge >= 0.3 is 0 Å². The van der Waals surface area contributed by atoms with Gasteiger partial charge in [0, 0.05) is 20.3 Å². The maximum Gasteiger partial charge on any atom is 0.254 e. The molecule has 4 aromatic rings. The predicted molar refractivity (Wildman–Crippen MR) is 116 cm³/mol. The van der Waals surface area contributed by atoms with Gasteiger partial charge in [-0.05, 0) is 15.6 Å². The van der Waals surface area contributed by atoms with Crippen LogP contribution >= 0.6 is 0 Å². The number of hydrogen-bond acceptors (Lipinski definition) is 2. The molecule has 4 heteroatoms. The van der Waals surface area contributed by atoms with E-state index < -0.39 is 8.24 Å². The fourth-order valence-corrected chi connectivity index (χ4v) is 8.51. The van der Waals surface area contributed by atoms with Gasteiger partial charge in [0.15, 0.2) is 0 Å². The van der Waals surface area contributed by atoms with E-state index in [0.717, 1.165) is 5.82 Å². The van der Waals surface area contributed by atoms with E-state index in [-0.39, 0.29) is 0 Å². The quantitative estimate of drug-likeness (QED) is 0.398. The first-order valence-electron chi connectivity index (χ1n) is 9.11. The molecule has 0 unspecified atom stereocenters. The van der Waals surface area contributed by atoms with Crippen molar-refractivity contribution in [1.82, 2.24) is 9.55 Å². The van der Waals surface area contributed by atoms with Gasteiger partial charge in [-0.15, -0.1) is 0 Å². The summed E-state index contributed by atoms with van der Waals surface area (Å²) in [6.07, 6.45) is 3.96. The highest BCUT2D eigenvalue weighted by Gasteiger charge is 2.45. The van der Waals surface area contributed by atoms with Crippen LogP contribution in [0.15, 0.2) is 104 Å². The zero-order valence-electron chi connectivity index (χ0n) is 15.7. The number of aromatic nitrogens is 2. The van der Waals surface area contributed by atoms with Crippen molar-refractivity contribution in [3.8, 4) is 0 Å². The number of hydrogen-bond donors (Lipinski definition) is 0. The Balaban J connectivity index is 2.06. The lowest BCUT2D eigenvalue weighted by Crippen LogP contribution is -2.77. The van der Waals surface area contributed by atoms with Crippen LogP contribution < -0.4 is 20.1 Å². The number of aryl methyl sites for hydroxylation is 1. The monoisotopic (exact) mass is 369 g/mol. The molecule has 0 radical (unpaired) electrons. The van der Waals surface area contributed by atoms with Gasteiger partial charge in [0.25, 0.3) is 8.24 Å². The SMILES string of the molecule is CN(c1cn(C)cn1)[Si](c1ccccc1)(c1ccccc1)c1ccccc1. The van der Waals surface area contributed by atoms with Gasteiger partial charge in [-0.25, -0.2) is 4.98 Å². The molecule has 0 fully saturated rings. The number of benzene rings is 3. The van der Waals surface area contributed by atoms with Crippen molar-refractivity contribution in [3.63, 3.8) is 0 Å². The third-order valence-corrected chi connectivity index (χ3v) is 9.85. The molecule has 0 amide bonds. The normalized spacial score (nSPS) is 11.3. The predicted octanol–water partition coefficient (Wildman–Crippen LogP) is 2.52. The molecule has 0 aliphatic rings. The highest BCUT2D eigenvalue weighted by Crippen LogP contribution is 2.18. The van der Waals surface area contributed by atoms with Crippen LogP contribution in [0, 0.1) is 0 Å². The second kappa shape index (κ2) is 7.25. The summed E-state index contributed by atoms with van der Waals surface area (Å²) in [4.78, 5) is 4.68. The van der Waals surface area contributed by atoms with Crippen molar-refractivity contribution >= 4 is 29.6 Å². The highest BCUT2D eigenvalue weighted by atomic mass is 28.3. The van der Waals surface area contributed by atoms with Crippen molar-refractivity contribution in [2.24, 2.45) is 7.05 Å². The molecule has 27 heavy (non-hydrogen) atoms. The molecule has 0 spiro atoms. The Hall–Kier alpha value is -3.11. The van der Waals surface area contributed by atoms with Crippen molar-refractivity contribution in [3.05, 3.63) is 104 Å². The molecule has 0 bridgehead atoms. The lowest BCUT2D eigenvalue weighted by atomic mass is 10.3. The summed E-state index contributed by atoms with van der Waals surface area (Å²) in [7, 11) is 1.70. The third-order valence-electron chi connectivity index (χ3n) is 5.11. The zero-order chi connectivity index (χ0) is 18.7. The zero-order valence-corrected chi connectivity index (χ0v) is 16.7. The second-order valence-electron chi connectivity index (χ2n) is 6.76. The van der Waals surface area contributed by atoms with Gasteiger partial charge in [-0.2, -0.15) is 0 Å². The Kier molecular flexibility index (Phi) is 4.65. The average Bonchev–Trinajstić information content (AvgIpc) is 3.17. The third kappa shape index (κ3) is 2.98. The Bertz CT molecular complexity index is 901. The number of nitrogens with zero attached hydrogens (tertiary/aromatic N) is 3. The lowest BCUT2D eigenvalue weighted by Gasteiger charge is -2.41. The Morgan fingerprint density at radius 2 is 1.11 bits per heavy atom. The topological polar surface area (TPSA) is 21.1 Å². The molecule has 0 N–H and O–H groups in total. The summed E-state index contributed by atoms with van der Waals surface area (Å²) in [6, 6.07) is 32.6. The van der Waals surface area contributed by atoms with Crippen LogP contribution in [0.25, 0.3) is 0 Å². The summed E-state index contributed by atoms with van der Waals surface area (Å²) in [5, 5.41) is 4.03. The summed E-state index contributed by atoms with van der Waals surface area (Å²) >= 11 is 0. The fourth-order valence-electron chi connectivity index (χ4n) is 3.86. The van der Waals surface area contributed by atoms with Gasteiger partial charge in [-0.1, -0.05) is 91.0 Å². The maximum absolute atomic E-state index is 4.68. The fraction of sp³-hybridized carbons (Fsp3) is 0.0870. The lowest BCUT2D eigenvalue weighted by molar-refractivity contribution is 0.913. The molecule has 0 aliphatic carbocycles. The van der Waals surface area contributed by atoms with Crippen LogP contribution in [0.1, 0.15) is 0 Å². The van der Waals surface area contributed by atoms with E-state index in [2.05, 4.69) is 114 Å². The Morgan fingerprint density at radius 3 is 1.44 bits per heavy atom. The van der Waals surface area contributed by atoms with E-state index in [4.69, 9.17) is 0 Å². The molecule has 4 rings (SSSR count). The minimum absolute atomic E-state index is 0.987. The largest absolute Gasteiger partial charge is 0.373 e. The van der Waals surface area contributed by atoms with E-state index >= 15 is 0 Å². The minimum Gasteiger partial charge on any atom is -0.373 e. The van der Waals surface area contributed by atoms with Crippen molar-refractivity contribution in [1.29, 1.82) is 0 Å². The Morgan fingerprint density at radius 1 is 0.704 bits per heavy atom. The van der Waals surface area contributed by atoms with Crippen LogP contribution in [0.3, 0.4) is 0 Å². The Labute approximate surface area is 161 Å². The first kappa shape index (κ1) is 17.3. The number of anilines is 1. The van der Waals surface area contributed by atoms with E-state index in [0.29, 0.717) is 0 Å². The summed E-state index contributed by atoms with van der Waals surface area (Å²) < 4.78 is 4.42. The molecule has 0 atom stereocenters. The van der Waals surface area contributed by atoms with Crippen LogP contribution in [-0.2, 0) is 7.05 Å². The molecular weight excluding hydrogens is 346 g/mol. The van der Waals surface area contributed by atoms with Crippen LogP contribution in [0.4, 0.5) is 5.82 Å². The average molecular weight is 370 g/mol. The maximum atomic E-state index is 4.68. The van der Waals surface area contributed by atoms with Crippen LogP contribution in [0.2, 0.25) is 0 Å². The number of rotatable bonds is 5. The molecule has 0 saturated carbocycles. The molecular formula is C23H23N3Si. The first-order valence-corrected chi connectivity index (χ1v) is 11.1. The number of imidazole rings is 1. The van der Waals surface area contributed by atoms with Crippen molar-refractivity contribution in [2.45, 2.75) is 0 Å². The highest BCUT2D eigenvalue weighted by molar-refractivity contribution is 7.13. The van der Waals surface area contributed by atoms with Gasteiger partial charge < -0.3 is 9.13 Å². The van der Waals surface area contributed by atoms with Crippen molar-refractivity contribution in [2.75, 3.05) is 11.6 Å². The van der Waals surface area contributed by atoms with E-state index in [1.165, 1.54) is 15.6 Å². The van der Waals surface area contributed by atoms with Crippen molar-refractivity contribution < 1.29 is 0 Å². The molecule has 1 aromatic heterocycles. The molecule has 3 nitrogen and oxygen atoms in total. The summed E-state index contributed by atoms with van der Waals surface area (Å²) in [5.74, 6) is 0.987. The van der Waals surface area contributed by atoms with Gasteiger partial charge in [0.1, 0.15) is 5.82 Å². The van der Waals surface area contributed by atoms with Gasteiger partial charge in [0.05, 0.1) is 6.33 Å². The smallest absolute Gasteiger partial charge is 0.254 e. The minimum atomic E-state index is -2.50. The van der Waals surface area contributed by atoms with Crippen LogP contribution in [-0.4, -0.2) is 24.8 Å². The molecule has 0 aliphatic heterocycles. The molecule has 134 valence electrons.